The quantitative estimate of drug-likeness (QED) is 0.0624. The summed E-state index contributed by atoms with van der Waals surface area (Å²) in [5, 5.41) is 33.0. The Morgan fingerprint density at radius 3 is 2.30 bits per heavy atom. The molecule has 3 N–H and O–H groups in total. The highest BCUT2D eigenvalue weighted by Gasteiger charge is 2.44. The van der Waals surface area contributed by atoms with Crippen LogP contribution in [-0.2, 0) is 14.3 Å². The Balaban J connectivity index is 0.635. The number of amides is 2. The zero-order chi connectivity index (χ0) is 49.3. The van der Waals surface area contributed by atoms with Gasteiger partial charge in [0.25, 0.3) is 5.69 Å². The van der Waals surface area contributed by atoms with Gasteiger partial charge in [0.05, 0.1) is 56.7 Å². The molecule has 3 saturated heterocycles. The summed E-state index contributed by atoms with van der Waals surface area (Å²) < 4.78 is 18.8. The van der Waals surface area contributed by atoms with Gasteiger partial charge < -0.3 is 44.4 Å². The van der Waals surface area contributed by atoms with E-state index < -0.39 is 18.1 Å². The molecule has 1 unspecified atom stereocenters. The first kappa shape index (κ1) is 49.0. The van der Waals surface area contributed by atoms with Crippen molar-refractivity contribution in [1.82, 2.24) is 30.2 Å². The van der Waals surface area contributed by atoms with Crippen LogP contribution < -0.4 is 20.3 Å². The first-order valence-corrected chi connectivity index (χ1v) is 26.7. The van der Waals surface area contributed by atoms with Crippen molar-refractivity contribution < 1.29 is 33.6 Å². The number of non-ortho nitro benzene ring substituents is 1. The second-order valence-electron chi connectivity index (χ2n) is 20.0. The molecule has 5 aliphatic rings. The van der Waals surface area contributed by atoms with E-state index in [2.05, 4.69) is 35.5 Å². The molecule has 19 heteroatoms. The summed E-state index contributed by atoms with van der Waals surface area (Å²) in [5.74, 6) is 0.655. The summed E-state index contributed by atoms with van der Waals surface area (Å²) in [7, 11) is 0. The van der Waals surface area contributed by atoms with E-state index in [0.717, 1.165) is 127 Å². The molecule has 4 atom stereocenters. The minimum absolute atomic E-state index is 0.0779. The molecule has 17 nitrogen and oxygen atoms in total. The fraction of sp³-hybridized carbons (Fsp3) is 0.500. The summed E-state index contributed by atoms with van der Waals surface area (Å²) in [6.45, 7) is 15.4. The number of thiazole rings is 1. The van der Waals surface area contributed by atoms with Crippen LogP contribution in [0.1, 0.15) is 81.9 Å². The van der Waals surface area contributed by atoms with Crippen molar-refractivity contribution in [3.63, 3.8) is 0 Å². The van der Waals surface area contributed by atoms with Gasteiger partial charge in [0.1, 0.15) is 23.8 Å². The minimum atomic E-state index is -0.804. The van der Waals surface area contributed by atoms with Gasteiger partial charge in [-0.25, -0.2) is 4.98 Å². The number of nitrogens with zero attached hydrogens (tertiary/aromatic N) is 7. The summed E-state index contributed by atoms with van der Waals surface area (Å²) >= 11 is 3.11. The van der Waals surface area contributed by atoms with E-state index in [4.69, 9.17) is 14.0 Å². The van der Waals surface area contributed by atoms with E-state index in [1.165, 1.54) is 22.7 Å². The number of aryl methyl sites for hydroxylation is 1. The summed E-state index contributed by atoms with van der Waals surface area (Å²) in [6, 6.07) is 19.7. The van der Waals surface area contributed by atoms with Crippen molar-refractivity contribution in [3.8, 4) is 16.2 Å². The van der Waals surface area contributed by atoms with Crippen LogP contribution >= 0.6 is 23.1 Å². The number of hydrogen-bond donors (Lipinski definition) is 3. The van der Waals surface area contributed by atoms with E-state index in [1.54, 1.807) is 23.5 Å². The Morgan fingerprint density at radius 1 is 0.901 bits per heavy atom. The number of aliphatic hydroxyl groups is 1. The highest BCUT2D eigenvalue weighted by atomic mass is 32.2. The molecule has 1 saturated carbocycles. The fourth-order valence-corrected chi connectivity index (χ4v) is 12.3. The van der Waals surface area contributed by atoms with Crippen molar-refractivity contribution in [2.75, 3.05) is 69.1 Å². The lowest BCUT2D eigenvalue weighted by Crippen LogP contribution is -2.50. The molecule has 2 amide bonds. The van der Waals surface area contributed by atoms with Crippen LogP contribution in [0, 0.1) is 23.0 Å². The van der Waals surface area contributed by atoms with Gasteiger partial charge in [-0.2, -0.15) is 0 Å². The Morgan fingerprint density at radius 2 is 1.61 bits per heavy atom. The number of nitro benzene ring substituents is 1. The van der Waals surface area contributed by atoms with Gasteiger partial charge in [-0.05, 0) is 68.0 Å². The Labute approximate surface area is 422 Å². The van der Waals surface area contributed by atoms with Crippen LogP contribution in [0.4, 0.5) is 22.9 Å². The zero-order valence-corrected chi connectivity index (χ0v) is 42.3. The number of β-amino-alcohol motifs (C(OH)–C–C–N with tert-alkyl or cyclic N) is 1. The largest absolute Gasteiger partial charge is 0.490 e. The number of carbonyl (C=O) groups excluding carboxylic acids is 2. The molecule has 3 aromatic carbocycles. The lowest BCUT2D eigenvalue weighted by molar-refractivity contribution is -0.385. The number of aliphatic hydroxyl groups excluding tert-OH is 1. The minimum Gasteiger partial charge on any atom is -0.490 e. The van der Waals surface area contributed by atoms with Crippen LogP contribution in [0.5, 0.6) is 5.75 Å². The number of fused-ring (bicyclic) bond motifs is 2. The van der Waals surface area contributed by atoms with Gasteiger partial charge >= 0.3 is 0 Å². The van der Waals surface area contributed by atoms with E-state index >= 15 is 0 Å². The third-order valence-electron chi connectivity index (χ3n) is 14.7. The van der Waals surface area contributed by atoms with E-state index in [1.807, 2.05) is 81.7 Å². The van der Waals surface area contributed by atoms with E-state index in [0.29, 0.717) is 11.6 Å². The number of carbonyl (C=O) groups is 2. The van der Waals surface area contributed by atoms with Crippen molar-refractivity contribution in [1.29, 1.82) is 0 Å². The molecule has 376 valence electrons. The normalized spacial score (nSPS) is 22.6. The summed E-state index contributed by atoms with van der Waals surface area (Å²) in [5.41, 5.74) is 6.75. The summed E-state index contributed by atoms with van der Waals surface area (Å²) in [4.78, 5) is 55.1. The van der Waals surface area contributed by atoms with Gasteiger partial charge in [0, 0.05) is 106 Å². The molecular weight excluding hydrogens is 943 g/mol. The topological polar surface area (TPSA) is 192 Å². The highest BCUT2D eigenvalue weighted by Crippen LogP contribution is 2.47. The number of ether oxygens (including phenoxy) is 2. The van der Waals surface area contributed by atoms with Gasteiger partial charge in [0.15, 0.2) is 11.6 Å². The maximum atomic E-state index is 14.3. The van der Waals surface area contributed by atoms with Gasteiger partial charge in [0.2, 0.25) is 11.8 Å². The third-order valence-corrected chi connectivity index (χ3v) is 16.8. The number of rotatable bonds is 16. The SMILES string of the molecule is Cc1ncsc1-c1ccc([C@H](C)NC(=O)[C@@H]2C[C@@H](O)CN2C(=O)C(c2cc(N3CCN(CCN4CCC(OC5CC(Oc6ccc7c(c6)Sc6cc([N+](=O)[O-])ccc6N7)C5)CC4)CC3)no2)C(C)C)cc1. The molecule has 4 aliphatic heterocycles. The smallest absolute Gasteiger partial charge is 0.270 e. The van der Waals surface area contributed by atoms with Crippen molar-refractivity contribution >= 4 is 57.8 Å². The van der Waals surface area contributed by atoms with Gasteiger partial charge in [-0.3, -0.25) is 24.6 Å². The zero-order valence-electron chi connectivity index (χ0n) is 40.7. The first-order chi connectivity index (χ1) is 34.3. The monoisotopic (exact) mass is 1010 g/mol. The molecule has 0 spiro atoms. The van der Waals surface area contributed by atoms with Gasteiger partial charge in [-0.1, -0.05) is 55.0 Å². The average Bonchev–Trinajstić information content (AvgIpc) is 4.12. The number of benzene rings is 3. The predicted molar refractivity (Wildman–Crippen MR) is 273 cm³/mol. The fourth-order valence-electron chi connectivity index (χ4n) is 10.5. The van der Waals surface area contributed by atoms with Crippen LogP contribution in [0.3, 0.4) is 0 Å². The van der Waals surface area contributed by atoms with Crippen molar-refractivity contribution in [2.45, 2.75) is 112 Å². The van der Waals surface area contributed by atoms with E-state index in [-0.39, 0.29) is 65.7 Å². The van der Waals surface area contributed by atoms with E-state index in [9.17, 15) is 24.8 Å². The molecule has 0 radical (unpaired) electrons. The predicted octanol–water partition coefficient (Wildman–Crippen LogP) is 8.01. The first-order valence-electron chi connectivity index (χ1n) is 25.0. The molecule has 1 aliphatic carbocycles. The van der Waals surface area contributed by atoms with Crippen LogP contribution in [0.2, 0.25) is 0 Å². The number of piperidine rings is 1. The number of nitro groups is 1. The van der Waals surface area contributed by atoms with Crippen LogP contribution in [-0.4, -0.2) is 136 Å². The van der Waals surface area contributed by atoms with Crippen LogP contribution in [0.25, 0.3) is 10.4 Å². The molecule has 4 fully saturated rings. The molecule has 0 bridgehead atoms. The lowest BCUT2D eigenvalue weighted by Gasteiger charge is -2.40. The molecule has 10 rings (SSSR count). The number of piperazine rings is 1. The number of nitrogens with one attached hydrogen (secondary N) is 2. The molecule has 6 heterocycles. The molecular formula is C52H63N9O8S2. The maximum Gasteiger partial charge on any atom is 0.270 e. The number of likely N-dealkylation sites (tertiary alicyclic amines) is 2. The van der Waals surface area contributed by atoms with Crippen molar-refractivity contribution in [3.05, 3.63) is 99.4 Å². The molecule has 5 aromatic rings. The standard InChI is InChI=1S/C52H63N9O8S2/c1-31(2)49(52(64)60-29-37(62)24-44(60)51(63)54-32(3)34-5-7-35(8-6-34)50-33(4)53-30-70-50)45-28-48(56-69-45)59-21-19-58(20-22-59)18-17-57-15-13-38(14-16-57)67-40-25-41(26-40)68-39-10-12-43-47(27-39)71-46-23-36(61(65)66)9-11-42(46)55-43/h5-12,23,27-28,30-32,37-38,40-41,44,49,55,62H,13-22,24-26,29H2,1-4H3,(H,54,63)/t32-,37+,40?,41?,44-,49?/m0/s1. The Kier molecular flexibility index (Phi) is 14.7. The lowest BCUT2D eigenvalue weighted by atomic mass is 9.91. The highest BCUT2D eigenvalue weighted by molar-refractivity contribution is 7.99. The Hall–Kier alpha value is -5.57. The molecule has 71 heavy (non-hydrogen) atoms. The number of anilines is 3. The maximum absolute atomic E-state index is 14.3. The van der Waals surface area contributed by atoms with Gasteiger partial charge in [-0.15, -0.1) is 11.3 Å². The number of aromatic nitrogens is 2. The van der Waals surface area contributed by atoms with Crippen molar-refractivity contribution in [2.24, 2.45) is 5.92 Å². The molecule has 2 aromatic heterocycles. The third kappa shape index (κ3) is 11.1. The second kappa shape index (κ2) is 21.3. The van der Waals surface area contributed by atoms with Crippen LogP contribution in [0.15, 0.2) is 86.6 Å². The second-order valence-corrected chi connectivity index (χ2v) is 21.9. The summed E-state index contributed by atoms with van der Waals surface area (Å²) in [6.07, 6.45) is 3.73. The Bertz CT molecular complexity index is 2690. The average molecular weight is 1010 g/mol. The number of hydrogen-bond acceptors (Lipinski definition) is 16.